The molecule has 1 N–H and O–H groups in total. The summed E-state index contributed by atoms with van der Waals surface area (Å²) >= 11 is 0. The molecule has 2 aromatic rings. The average Bonchev–Trinajstić information content (AvgIpc) is 2.69. The minimum atomic E-state index is -4.42. The molecule has 0 bridgehead atoms. The second-order valence-electron chi connectivity index (χ2n) is 6.71. The van der Waals surface area contributed by atoms with E-state index in [0.717, 1.165) is 49.0 Å². The number of hydrogen-bond acceptors (Lipinski definition) is 1. The monoisotopic (exact) mass is 389 g/mol. The van der Waals surface area contributed by atoms with Crippen LogP contribution in [0.15, 0.2) is 66.2 Å². The van der Waals surface area contributed by atoms with Crippen LogP contribution >= 0.6 is 0 Å². The molecule has 0 radical (unpaired) electrons. The maximum atomic E-state index is 12.8. The first-order chi connectivity index (χ1) is 13.4. The molecule has 0 heterocycles. The van der Waals surface area contributed by atoms with Gasteiger partial charge in [0.2, 0.25) is 0 Å². The fraction of sp³-hybridized carbons (Fsp3) is 0.348. The van der Waals surface area contributed by atoms with E-state index in [1.165, 1.54) is 12.1 Å². The summed E-state index contributed by atoms with van der Waals surface area (Å²) in [5.41, 5.74) is 1.52. The molecule has 0 fully saturated rings. The summed E-state index contributed by atoms with van der Waals surface area (Å²) in [6.45, 7) is 4.18. The van der Waals surface area contributed by atoms with E-state index in [4.69, 9.17) is 0 Å². The van der Waals surface area contributed by atoms with E-state index in [-0.39, 0.29) is 17.5 Å². The van der Waals surface area contributed by atoms with Gasteiger partial charge in [-0.3, -0.25) is 4.79 Å². The van der Waals surface area contributed by atoms with Gasteiger partial charge in [-0.1, -0.05) is 63.1 Å². The zero-order valence-corrected chi connectivity index (χ0v) is 16.2. The topological polar surface area (TPSA) is 29.1 Å². The number of nitrogens with one attached hydrogen (secondary N) is 1. The quantitative estimate of drug-likeness (QED) is 0.500. The molecule has 150 valence electrons. The number of amides is 1. The lowest BCUT2D eigenvalue weighted by Crippen LogP contribution is -2.30. The van der Waals surface area contributed by atoms with Gasteiger partial charge in [0.25, 0.3) is 5.91 Å². The number of alkyl halides is 3. The van der Waals surface area contributed by atoms with Gasteiger partial charge in [-0.25, -0.2) is 0 Å². The molecule has 2 rings (SSSR count). The van der Waals surface area contributed by atoms with Crippen LogP contribution in [0, 0.1) is 0 Å². The SMILES string of the molecule is CCCC=C(CCC)C(NC(=O)c1ccc(C(F)(F)F)cc1)c1ccccc1. The van der Waals surface area contributed by atoms with Crippen molar-refractivity contribution in [1.82, 2.24) is 5.32 Å². The molecule has 5 heteroatoms. The van der Waals surface area contributed by atoms with Gasteiger partial charge >= 0.3 is 6.18 Å². The van der Waals surface area contributed by atoms with Crippen molar-refractivity contribution in [3.8, 4) is 0 Å². The summed E-state index contributed by atoms with van der Waals surface area (Å²) in [4.78, 5) is 12.8. The largest absolute Gasteiger partial charge is 0.416 e. The van der Waals surface area contributed by atoms with Crippen LogP contribution in [0.5, 0.6) is 0 Å². The Morgan fingerprint density at radius 1 is 1.00 bits per heavy atom. The highest BCUT2D eigenvalue weighted by Gasteiger charge is 2.30. The fourth-order valence-corrected chi connectivity index (χ4v) is 3.04. The first-order valence-corrected chi connectivity index (χ1v) is 9.58. The highest BCUT2D eigenvalue weighted by molar-refractivity contribution is 5.94. The van der Waals surface area contributed by atoms with Crippen molar-refractivity contribution in [3.05, 3.63) is 82.9 Å². The first kappa shape index (κ1) is 21.7. The van der Waals surface area contributed by atoms with Crippen LogP contribution in [0.25, 0.3) is 0 Å². The molecule has 0 aliphatic carbocycles. The molecular weight excluding hydrogens is 363 g/mol. The van der Waals surface area contributed by atoms with Crippen molar-refractivity contribution < 1.29 is 18.0 Å². The molecule has 2 nitrogen and oxygen atoms in total. The maximum absolute atomic E-state index is 12.8. The van der Waals surface area contributed by atoms with Crippen molar-refractivity contribution >= 4 is 5.91 Å². The van der Waals surface area contributed by atoms with Crippen molar-refractivity contribution in [3.63, 3.8) is 0 Å². The average molecular weight is 389 g/mol. The minimum absolute atomic E-state index is 0.209. The number of halogens is 3. The number of benzene rings is 2. The van der Waals surface area contributed by atoms with Crippen LogP contribution in [-0.4, -0.2) is 5.91 Å². The standard InChI is InChI=1S/C23H26F3NO/c1-3-5-10-17(9-4-2)21(18-11-7-6-8-12-18)27-22(28)19-13-15-20(16-14-19)23(24,25)26/h6-8,10-16,21H,3-5,9H2,1-2H3,(H,27,28). The molecule has 0 aliphatic rings. The van der Waals surface area contributed by atoms with E-state index in [9.17, 15) is 18.0 Å². The Labute approximate surface area is 164 Å². The molecule has 28 heavy (non-hydrogen) atoms. The normalized spacial score (nSPS) is 13.2. The molecule has 0 saturated carbocycles. The lowest BCUT2D eigenvalue weighted by Gasteiger charge is -2.23. The number of rotatable bonds is 8. The van der Waals surface area contributed by atoms with E-state index < -0.39 is 11.7 Å². The van der Waals surface area contributed by atoms with Crippen molar-refractivity contribution in [2.75, 3.05) is 0 Å². The summed E-state index contributed by atoms with van der Waals surface area (Å²) in [5, 5.41) is 3.01. The fourth-order valence-electron chi connectivity index (χ4n) is 3.04. The summed E-state index contributed by atoms with van der Waals surface area (Å²) < 4.78 is 38.3. The lowest BCUT2D eigenvalue weighted by molar-refractivity contribution is -0.137. The summed E-state index contributed by atoms with van der Waals surface area (Å²) in [6.07, 6.45) is 1.44. The van der Waals surface area contributed by atoms with Crippen molar-refractivity contribution in [2.45, 2.75) is 51.7 Å². The maximum Gasteiger partial charge on any atom is 0.416 e. The van der Waals surface area contributed by atoms with Crippen molar-refractivity contribution in [1.29, 1.82) is 0 Å². The highest BCUT2D eigenvalue weighted by atomic mass is 19.4. The number of unbranched alkanes of at least 4 members (excludes halogenated alkanes) is 1. The van der Waals surface area contributed by atoms with Crippen molar-refractivity contribution in [2.24, 2.45) is 0 Å². The van der Waals surface area contributed by atoms with E-state index in [2.05, 4.69) is 25.2 Å². The molecule has 0 saturated heterocycles. The second kappa shape index (κ2) is 10.1. The second-order valence-corrected chi connectivity index (χ2v) is 6.71. The van der Waals surface area contributed by atoms with E-state index in [1.54, 1.807) is 0 Å². The van der Waals surface area contributed by atoms with Gasteiger partial charge in [-0.15, -0.1) is 0 Å². The Morgan fingerprint density at radius 3 is 2.18 bits per heavy atom. The van der Waals surface area contributed by atoms with Crippen LogP contribution < -0.4 is 5.32 Å². The smallest absolute Gasteiger partial charge is 0.341 e. The molecule has 2 aromatic carbocycles. The van der Waals surface area contributed by atoms with E-state index >= 15 is 0 Å². The Balaban J connectivity index is 2.30. The number of carbonyl (C=O) groups is 1. The molecule has 1 unspecified atom stereocenters. The number of hydrogen-bond donors (Lipinski definition) is 1. The van der Waals surface area contributed by atoms with Gasteiger partial charge in [0.05, 0.1) is 11.6 Å². The molecule has 0 aliphatic heterocycles. The number of carbonyl (C=O) groups excluding carboxylic acids is 1. The predicted octanol–water partition coefficient (Wildman–Crippen LogP) is 6.70. The Hall–Kier alpha value is -2.56. The Bertz CT molecular complexity index is 780. The van der Waals surface area contributed by atoms with Crippen LogP contribution in [0.3, 0.4) is 0 Å². The van der Waals surface area contributed by atoms with Gasteiger partial charge < -0.3 is 5.32 Å². The lowest BCUT2D eigenvalue weighted by atomic mass is 9.93. The highest BCUT2D eigenvalue weighted by Crippen LogP contribution is 2.30. The van der Waals surface area contributed by atoms with Crippen LogP contribution in [0.2, 0.25) is 0 Å². The van der Waals surface area contributed by atoms with Gasteiger partial charge in [-0.05, 0) is 48.2 Å². The molecule has 0 aromatic heterocycles. The first-order valence-electron chi connectivity index (χ1n) is 9.58. The van der Waals surface area contributed by atoms with Crippen LogP contribution in [-0.2, 0) is 6.18 Å². The van der Waals surface area contributed by atoms with E-state index in [1.807, 2.05) is 30.3 Å². The van der Waals surface area contributed by atoms with Gasteiger partial charge in [0, 0.05) is 5.56 Å². The van der Waals surface area contributed by atoms with Crippen LogP contribution in [0.4, 0.5) is 13.2 Å². The van der Waals surface area contributed by atoms with Crippen LogP contribution in [0.1, 0.15) is 67.1 Å². The third-order valence-electron chi connectivity index (χ3n) is 4.49. The Kier molecular flexibility index (Phi) is 7.85. The molecule has 1 amide bonds. The van der Waals surface area contributed by atoms with E-state index in [0.29, 0.717) is 0 Å². The summed E-state index contributed by atoms with van der Waals surface area (Å²) in [6, 6.07) is 13.6. The predicted molar refractivity (Wildman–Crippen MR) is 106 cm³/mol. The zero-order chi connectivity index (χ0) is 20.6. The number of allylic oxidation sites excluding steroid dienone is 1. The molecule has 1 atom stereocenters. The summed E-state index contributed by atoms with van der Waals surface area (Å²) in [5.74, 6) is -0.388. The third-order valence-corrected chi connectivity index (χ3v) is 4.49. The van der Waals surface area contributed by atoms with Gasteiger partial charge in [0.1, 0.15) is 0 Å². The zero-order valence-electron chi connectivity index (χ0n) is 16.2. The van der Waals surface area contributed by atoms with Gasteiger partial charge in [-0.2, -0.15) is 13.2 Å². The summed E-state index contributed by atoms with van der Waals surface area (Å²) in [7, 11) is 0. The van der Waals surface area contributed by atoms with Gasteiger partial charge in [0.15, 0.2) is 0 Å². The Morgan fingerprint density at radius 2 is 1.64 bits per heavy atom. The molecular formula is C23H26F3NO. The minimum Gasteiger partial charge on any atom is -0.341 e. The third kappa shape index (κ3) is 5.98. The molecule has 0 spiro atoms.